The molecule has 152 valence electrons. The number of carbonyl (C=O) groups is 1. The fraction of sp³-hybridized carbons (Fsp3) is 0.333. The van der Waals surface area contributed by atoms with Gasteiger partial charge in [0, 0.05) is 30.0 Å². The highest BCUT2D eigenvalue weighted by Gasteiger charge is 2.19. The molecule has 3 N–H and O–H groups in total. The molecule has 0 spiro atoms. The minimum absolute atomic E-state index is 0.103. The Labute approximate surface area is 172 Å². The number of nitrogens with one attached hydrogen (secondary N) is 1. The van der Waals surface area contributed by atoms with Crippen LogP contribution in [0.5, 0.6) is 0 Å². The Morgan fingerprint density at radius 3 is 2.66 bits per heavy atom. The number of nitrogens with two attached hydrogens (primary N) is 1. The first-order valence-corrected chi connectivity index (χ1v) is 10.2. The number of pyridine rings is 1. The Morgan fingerprint density at radius 1 is 1.14 bits per heavy atom. The molecule has 0 fully saturated rings. The largest absolute Gasteiger partial charge is 0.378 e. The Morgan fingerprint density at radius 2 is 1.93 bits per heavy atom. The summed E-state index contributed by atoms with van der Waals surface area (Å²) in [7, 11) is 0. The van der Waals surface area contributed by atoms with Crippen LogP contribution in [0.4, 0.5) is 5.69 Å². The lowest BCUT2D eigenvalue weighted by Gasteiger charge is -2.16. The zero-order chi connectivity index (χ0) is 20.6. The maximum atomic E-state index is 12.8. The van der Waals surface area contributed by atoms with Crippen LogP contribution in [0.15, 0.2) is 60.9 Å². The molecule has 0 saturated carbocycles. The number of rotatable bonds is 9. The van der Waals surface area contributed by atoms with E-state index >= 15 is 0 Å². The SMILES string of the molecule is CCC(C)OCCc1ccc(C(CN)C(=O)Nc2ccc3cnccc3c2)cc1. The second kappa shape index (κ2) is 10.1. The van der Waals surface area contributed by atoms with Crippen molar-refractivity contribution in [2.24, 2.45) is 5.73 Å². The van der Waals surface area contributed by atoms with Gasteiger partial charge in [-0.05, 0) is 54.5 Å². The monoisotopic (exact) mass is 391 g/mol. The molecule has 1 amide bonds. The third kappa shape index (κ3) is 5.62. The highest BCUT2D eigenvalue weighted by molar-refractivity contribution is 5.98. The highest BCUT2D eigenvalue weighted by Crippen LogP contribution is 2.21. The highest BCUT2D eigenvalue weighted by atomic mass is 16.5. The van der Waals surface area contributed by atoms with E-state index in [1.54, 1.807) is 12.4 Å². The third-order valence-corrected chi connectivity index (χ3v) is 5.21. The molecular weight excluding hydrogens is 362 g/mol. The number of carbonyl (C=O) groups excluding carboxylic acids is 1. The topological polar surface area (TPSA) is 77.2 Å². The minimum Gasteiger partial charge on any atom is -0.378 e. The van der Waals surface area contributed by atoms with Crippen molar-refractivity contribution in [3.8, 4) is 0 Å². The number of ether oxygens (including phenoxy) is 1. The molecular formula is C24H29N3O2. The fourth-order valence-corrected chi connectivity index (χ4v) is 3.20. The van der Waals surface area contributed by atoms with Crippen LogP contribution in [-0.4, -0.2) is 30.1 Å². The van der Waals surface area contributed by atoms with E-state index in [0.717, 1.165) is 34.9 Å². The van der Waals surface area contributed by atoms with E-state index in [1.165, 1.54) is 5.56 Å². The molecule has 1 heterocycles. The number of amides is 1. The van der Waals surface area contributed by atoms with E-state index in [1.807, 2.05) is 48.5 Å². The van der Waals surface area contributed by atoms with E-state index in [0.29, 0.717) is 6.61 Å². The van der Waals surface area contributed by atoms with Gasteiger partial charge in [-0.25, -0.2) is 0 Å². The van der Waals surface area contributed by atoms with Crippen LogP contribution in [0, 0.1) is 0 Å². The van der Waals surface area contributed by atoms with Crippen molar-refractivity contribution in [2.45, 2.75) is 38.7 Å². The van der Waals surface area contributed by atoms with Crippen molar-refractivity contribution in [3.63, 3.8) is 0 Å². The van der Waals surface area contributed by atoms with Crippen LogP contribution >= 0.6 is 0 Å². The van der Waals surface area contributed by atoms with Gasteiger partial charge in [-0.2, -0.15) is 0 Å². The van der Waals surface area contributed by atoms with E-state index in [4.69, 9.17) is 10.5 Å². The molecule has 0 aliphatic rings. The van der Waals surface area contributed by atoms with Gasteiger partial charge >= 0.3 is 0 Å². The first-order chi connectivity index (χ1) is 14.1. The predicted molar refractivity (Wildman–Crippen MR) is 118 cm³/mol. The van der Waals surface area contributed by atoms with Gasteiger partial charge in [-0.3, -0.25) is 9.78 Å². The second-order valence-corrected chi connectivity index (χ2v) is 7.30. The second-order valence-electron chi connectivity index (χ2n) is 7.30. The lowest BCUT2D eigenvalue weighted by molar-refractivity contribution is -0.117. The average molecular weight is 392 g/mol. The van der Waals surface area contributed by atoms with Crippen molar-refractivity contribution in [1.82, 2.24) is 4.98 Å². The predicted octanol–water partition coefficient (Wildman–Crippen LogP) is 4.27. The number of benzene rings is 2. The first kappa shape index (κ1) is 21.0. The number of nitrogens with zero attached hydrogens (tertiary/aromatic N) is 1. The summed E-state index contributed by atoms with van der Waals surface area (Å²) < 4.78 is 5.74. The van der Waals surface area contributed by atoms with Crippen molar-refractivity contribution < 1.29 is 9.53 Å². The number of fused-ring (bicyclic) bond motifs is 1. The normalized spacial score (nSPS) is 13.2. The van der Waals surface area contributed by atoms with Crippen LogP contribution in [0.25, 0.3) is 10.8 Å². The van der Waals surface area contributed by atoms with Gasteiger partial charge in [0.05, 0.1) is 18.6 Å². The van der Waals surface area contributed by atoms with Gasteiger partial charge in [-0.15, -0.1) is 0 Å². The molecule has 0 aliphatic heterocycles. The molecule has 2 aromatic carbocycles. The van der Waals surface area contributed by atoms with Gasteiger partial charge in [0.15, 0.2) is 0 Å². The first-order valence-electron chi connectivity index (χ1n) is 10.2. The third-order valence-electron chi connectivity index (χ3n) is 5.21. The summed E-state index contributed by atoms with van der Waals surface area (Å²) in [5, 5.41) is 5.06. The minimum atomic E-state index is -0.395. The van der Waals surface area contributed by atoms with Gasteiger partial charge < -0.3 is 15.8 Å². The van der Waals surface area contributed by atoms with E-state index in [2.05, 4.69) is 24.1 Å². The zero-order valence-electron chi connectivity index (χ0n) is 17.1. The molecule has 0 aliphatic carbocycles. The molecule has 2 unspecified atom stereocenters. The number of anilines is 1. The maximum Gasteiger partial charge on any atom is 0.233 e. The van der Waals surface area contributed by atoms with E-state index in [9.17, 15) is 4.79 Å². The van der Waals surface area contributed by atoms with Crippen LogP contribution in [0.2, 0.25) is 0 Å². The summed E-state index contributed by atoms with van der Waals surface area (Å²) in [4.78, 5) is 16.9. The molecule has 0 radical (unpaired) electrons. The summed E-state index contributed by atoms with van der Waals surface area (Å²) >= 11 is 0. The quantitative estimate of drug-likeness (QED) is 0.571. The smallest absolute Gasteiger partial charge is 0.233 e. The van der Waals surface area contributed by atoms with Crippen molar-refractivity contribution in [3.05, 3.63) is 72.1 Å². The van der Waals surface area contributed by atoms with E-state index < -0.39 is 5.92 Å². The lowest BCUT2D eigenvalue weighted by Crippen LogP contribution is -2.27. The van der Waals surface area contributed by atoms with Crippen LogP contribution in [-0.2, 0) is 16.0 Å². The standard InChI is InChI=1S/C24H29N3O2/c1-3-17(2)29-13-11-18-4-6-19(7-5-18)23(15-25)24(28)27-22-9-8-21-16-26-12-10-20(21)14-22/h4-10,12,14,16-17,23H,3,11,13,15,25H2,1-2H3,(H,27,28). The molecule has 29 heavy (non-hydrogen) atoms. The van der Waals surface area contributed by atoms with Gasteiger partial charge in [0.1, 0.15) is 0 Å². The summed E-state index contributed by atoms with van der Waals surface area (Å²) in [6, 6.07) is 15.8. The molecule has 3 rings (SSSR count). The summed E-state index contributed by atoms with van der Waals surface area (Å²) in [6.07, 6.45) is 5.70. The van der Waals surface area contributed by atoms with Gasteiger partial charge in [-0.1, -0.05) is 37.3 Å². The van der Waals surface area contributed by atoms with E-state index in [-0.39, 0.29) is 18.6 Å². The number of aromatic nitrogens is 1. The molecule has 2 atom stereocenters. The van der Waals surface area contributed by atoms with Crippen molar-refractivity contribution in [2.75, 3.05) is 18.5 Å². The fourth-order valence-electron chi connectivity index (χ4n) is 3.20. The van der Waals surface area contributed by atoms with Crippen molar-refractivity contribution >= 4 is 22.4 Å². The molecule has 5 nitrogen and oxygen atoms in total. The Balaban J connectivity index is 1.63. The molecule has 0 bridgehead atoms. The Bertz CT molecular complexity index is 940. The van der Waals surface area contributed by atoms with Crippen molar-refractivity contribution in [1.29, 1.82) is 0 Å². The summed E-state index contributed by atoms with van der Waals surface area (Å²) in [5.74, 6) is -0.498. The average Bonchev–Trinajstić information content (AvgIpc) is 2.75. The lowest BCUT2D eigenvalue weighted by atomic mass is 9.96. The molecule has 3 aromatic rings. The summed E-state index contributed by atoms with van der Waals surface area (Å²) in [5.41, 5.74) is 8.79. The molecule has 5 heteroatoms. The summed E-state index contributed by atoms with van der Waals surface area (Å²) in [6.45, 7) is 5.15. The molecule has 1 aromatic heterocycles. The van der Waals surface area contributed by atoms with Gasteiger partial charge in [0.25, 0.3) is 0 Å². The van der Waals surface area contributed by atoms with Crippen LogP contribution in [0.3, 0.4) is 0 Å². The van der Waals surface area contributed by atoms with Crippen LogP contribution < -0.4 is 11.1 Å². The Hall–Kier alpha value is -2.76. The molecule has 0 saturated heterocycles. The number of hydrogen-bond acceptors (Lipinski definition) is 4. The van der Waals surface area contributed by atoms with Crippen LogP contribution in [0.1, 0.15) is 37.3 Å². The zero-order valence-corrected chi connectivity index (χ0v) is 17.1. The Kier molecular flexibility index (Phi) is 7.33. The number of hydrogen-bond donors (Lipinski definition) is 2. The maximum absolute atomic E-state index is 12.8. The van der Waals surface area contributed by atoms with Gasteiger partial charge in [0.2, 0.25) is 5.91 Å².